The molecule has 0 atom stereocenters. The Kier molecular flexibility index (Phi) is 6.61. The molecule has 0 unspecified atom stereocenters. The zero-order valence-electron chi connectivity index (χ0n) is 16.0. The molecule has 1 heterocycles. The average Bonchev–Trinajstić information content (AvgIpc) is 3.19. The lowest BCUT2D eigenvalue weighted by atomic mass is 10.2. The van der Waals surface area contributed by atoms with Crippen LogP contribution in [0, 0.1) is 0 Å². The minimum atomic E-state index is 0.00910. The standard InChI is InChI=1S/C20H31N3O3/c1-3-22-10-12-23(13-11-22)20(24)21-15-16-8-9-18(25-2)19(14-16)26-17-6-4-5-7-17/h8-9,14,17H,3-7,10-13,15H2,1-2H3,(H,21,24). The Labute approximate surface area is 156 Å². The summed E-state index contributed by atoms with van der Waals surface area (Å²) in [5, 5.41) is 3.03. The number of methoxy groups -OCH3 is 1. The van der Waals surface area contributed by atoms with E-state index in [2.05, 4.69) is 17.1 Å². The lowest BCUT2D eigenvalue weighted by molar-refractivity contribution is 0.142. The molecule has 0 radical (unpaired) electrons. The number of nitrogens with zero attached hydrogens (tertiary/aromatic N) is 2. The number of rotatable bonds is 6. The normalized spacial score (nSPS) is 18.8. The van der Waals surface area contributed by atoms with Gasteiger partial charge in [0.2, 0.25) is 0 Å². The SMILES string of the molecule is CCN1CCN(C(=O)NCc2ccc(OC)c(OC3CCCC3)c2)CC1. The first-order valence-electron chi connectivity index (χ1n) is 9.78. The van der Waals surface area contributed by atoms with Crippen molar-refractivity contribution in [3.05, 3.63) is 23.8 Å². The zero-order chi connectivity index (χ0) is 18.4. The molecule has 0 spiro atoms. The Morgan fingerprint density at radius 1 is 1.15 bits per heavy atom. The van der Waals surface area contributed by atoms with Crippen molar-refractivity contribution in [1.29, 1.82) is 0 Å². The van der Waals surface area contributed by atoms with Gasteiger partial charge in [-0.2, -0.15) is 0 Å². The number of carbonyl (C=O) groups excluding carboxylic acids is 1. The summed E-state index contributed by atoms with van der Waals surface area (Å²) >= 11 is 0. The fourth-order valence-electron chi connectivity index (χ4n) is 3.67. The number of likely N-dealkylation sites (N-methyl/N-ethyl adjacent to an activating group) is 1. The van der Waals surface area contributed by atoms with E-state index in [0.29, 0.717) is 6.54 Å². The van der Waals surface area contributed by atoms with Gasteiger partial charge >= 0.3 is 6.03 Å². The fourth-order valence-corrected chi connectivity index (χ4v) is 3.67. The van der Waals surface area contributed by atoms with E-state index in [1.54, 1.807) is 7.11 Å². The van der Waals surface area contributed by atoms with Crippen LogP contribution < -0.4 is 14.8 Å². The highest BCUT2D eigenvalue weighted by molar-refractivity contribution is 5.74. The van der Waals surface area contributed by atoms with Crippen molar-refractivity contribution >= 4 is 6.03 Å². The van der Waals surface area contributed by atoms with E-state index in [9.17, 15) is 4.79 Å². The maximum Gasteiger partial charge on any atom is 0.317 e. The fraction of sp³-hybridized carbons (Fsp3) is 0.650. The predicted octanol–water partition coefficient (Wildman–Crippen LogP) is 2.86. The van der Waals surface area contributed by atoms with Crippen molar-refractivity contribution in [2.24, 2.45) is 0 Å². The second-order valence-electron chi connectivity index (χ2n) is 7.09. The number of amides is 2. The molecule has 1 aliphatic heterocycles. The highest BCUT2D eigenvalue weighted by atomic mass is 16.5. The first kappa shape index (κ1) is 18.8. The molecule has 6 heteroatoms. The van der Waals surface area contributed by atoms with Crippen LogP contribution in [0.5, 0.6) is 11.5 Å². The zero-order valence-corrected chi connectivity index (χ0v) is 16.0. The molecule has 1 aromatic carbocycles. The van der Waals surface area contributed by atoms with Gasteiger partial charge in [-0.1, -0.05) is 13.0 Å². The number of hydrogen-bond acceptors (Lipinski definition) is 4. The number of benzene rings is 1. The molecule has 6 nitrogen and oxygen atoms in total. The van der Waals surface area contributed by atoms with Crippen LogP contribution in [0.15, 0.2) is 18.2 Å². The summed E-state index contributed by atoms with van der Waals surface area (Å²) < 4.78 is 11.6. The van der Waals surface area contributed by atoms with Crippen LogP contribution in [0.3, 0.4) is 0 Å². The molecule has 2 fully saturated rings. The molecule has 0 bridgehead atoms. The van der Waals surface area contributed by atoms with Crippen LogP contribution in [-0.2, 0) is 6.54 Å². The molecule has 1 aromatic rings. The maximum absolute atomic E-state index is 12.4. The van der Waals surface area contributed by atoms with E-state index in [-0.39, 0.29) is 12.1 Å². The summed E-state index contributed by atoms with van der Waals surface area (Å²) in [7, 11) is 1.66. The largest absolute Gasteiger partial charge is 0.493 e. The van der Waals surface area contributed by atoms with Crippen molar-refractivity contribution in [2.45, 2.75) is 45.3 Å². The molecule has 0 aromatic heterocycles. The number of carbonyl (C=O) groups is 1. The van der Waals surface area contributed by atoms with E-state index >= 15 is 0 Å². The van der Waals surface area contributed by atoms with Crippen LogP contribution in [-0.4, -0.2) is 61.8 Å². The maximum atomic E-state index is 12.4. The van der Waals surface area contributed by atoms with Crippen molar-refractivity contribution in [3.8, 4) is 11.5 Å². The van der Waals surface area contributed by atoms with Gasteiger partial charge in [-0.15, -0.1) is 0 Å². The third-order valence-electron chi connectivity index (χ3n) is 5.37. The van der Waals surface area contributed by atoms with Gasteiger partial charge in [0.15, 0.2) is 11.5 Å². The monoisotopic (exact) mass is 361 g/mol. The van der Waals surface area contributed by atoms with Crippen LogP contribution >= 0.6 is 0 Å². The smallest absolute Gasteiger partial charge is 0.317 e. The van der Waals surface area contributed by atoms with Gasteiger partial charge < -0.3 is 24.6 Å². The molecule has 2 aliphatic rings. The summed E-state index contributed by atoms with van der Waals surface area (Å²) in [6.07, 6.45) is 4.95. The molecule has 1 saturated heterocycles. The predicted molar refractivity (Wildman–Crippen MR) is 102 cm³/mol. The lowest BCUT2D eigenvalue weighted by Crippen LogP contribution is -2.51. The quantitative estimate of drug-likeness (QED) is 0.847. The van der Waals surface area contributed by atoms with E-state index in [1.807, 2.05) is 23.1 Å². The molecule has 144 valence electrons. The average molecular weight is 361 g/mol. The summed E-state index contributed by atoms with van der Waals surface area (Å²) in [4.78, 5) is 16.6. The third kappa shape index (κ3) is 4.81. The summed E-state index contributed by atoms with van der Waals surface area (Å²) in [6.45, 7) is 7.18. The Bertz CT molecular complexity index is 594. The van der Waals surface area contributed by atoms with Gasteiger partial charge in [0, 0.05) is 32.7 Å². The first-order chi connectivity index (χ1) is 12.7. The minimum Gasteiger partial charge on any atom is -0.493 e. The summed E-state index contributed by atoms with van der Waals surface area (Å²) in [5.41, 5.74) is 1.03. The number of nitrogens with one attached hydrogen (secondary N) is 1. The molecular weight excluding hydrogens is 330 g/mol. The van der Waals surface area contributed by atoms with E-state index in [4.69, 9.17) is 9.47 Å². The molecular formula is C20H31N3O3. The van der Waals surface area contributed by atoms with E-state index in [1.165, 1.54) is 12.8 Å². The van der Waals surface area contributed by atoms with Crippen molar-refractivity contribution in [2.75, 3.05) is 39.8 Å². The minimum absolute atomic E-state index is 0.00910. The van der Waals surface area contributed by atoms with Gasteiger partial charge in [-0.25, -0.2) is 4.79 Å². The van der Waals surface area contributed by atoms with Gasteiger partial charge in [0.1, 0.15) is 0 Å². The van der Waals surface area contributed by atoms with Crippen LogP contribution in [0.1, 0.15) is 38.2 Å². The second kappa shape index (κ2) is 9.12. The van der Waals surface area contributed by atoms with Gasteiger partial charge in [0.05, 0.1) is 13.2 Å². The topological polar surface area (TPSA) is 54.0 Å². The van der Waals surface area contributed by atoms with Crippen molar-refractivity contribution < 1.29 is 14.3 Å². The number of urea groups is 1. The number of ether oxygens (including phenoxy) is 2. The van der Waals surface area contributed by atoms with Crippen LogP contribution in [0.4, 0.5) is 4.79 Å². The first-order valence-corrected chi connectivity index (χ1v) is 9.78. The third-order valence-corrected chi connectivity index (χ3v) is 5.37. The number of hydrogen-bond donors (Lipinski definition) is 1. The summed E-state index contributed by atoms with van der Waals surface area (Å²) in [5.74, 6) is 1.53. The molecule has 26 heavy (non-hydrogen) atoms. The van der Waals surface area contributed by atoms with Crippen molar-refractivity contribution in [1.82, 2.24) is 15.1 Å². The molecule has 1 saturated carbocycles. The highest BCUT2D eigenvalue weighted by Crippen LogP contribution is 2.32. The molecule has 1 N–H and O–H groups in total. The van der Waals surface area contributed by atoms with Gasteiger partial charge in [-0.05, 0) is 49.9 Å². The Balaban J connectivity index is 1.54. The second-order valence-corrected chi connectivity index (χ2v) is 7.09. The highest BCUT2D eigenvalue weighted by Gasteiger charge is 2.21. The molecule has 2 amide bonds. The summed E-state index contributed by atoms with van der Waals surface area (Å²) in [6, 6.07) is 5.91. The Hall–Kier alpha value is -1.95. The van der Waals surface area contributed by atoms with Crippen molar-refractivity contribution in [3.63, 3.8) is 0 Å². The molecule has 3 rings (SSSR count). The Morgan fingerprint density at radius 3 is 2.54 bits per heavy atom. The Morgan fingerprint density at radius 2 is 1.88 bits per heavy atom. The molecule has 1 aliphatic carbocycles. The lowest BCUT2D eigenvalue weighted by Gasteiger charge is -2.34. The van der Waals surface area contributed by atoms with E-state index < -0.39 is 0 Å². The van der Waals surface area contributed by atoms with E-state index in [0.717, 1.165) is 62.6 Å². The number of piperazine rings is 1. The van der Waals surface area contributed by atoms with Crippen LogP contribution in [0.2, 0.25) is 0 Å². The van der Waals surface area contributed by atoms with Gasteiger partial charge in [0.25, 0.3) is 0 Å². The van der Waals surface area contributed by atoms with Crippen LogP contribution in [0.25, 0.3) is 0 Å². The van der Waals surface area contributed by atoms with Gasteiger partial charge in [-0.3, -0.25) is 0 Å².